The van der Waals surface area contributed by atoms with Crippen LogP contribution in [-0.2, 0) is 16.0 Å². The van der Waals surface area contributed by atoms with E-state index in [-0.39, 0.29) is 5.60 Å². The van der Waals surface area contributed by atoms with Crippen molar-refractivity contribution in [2.75, 3.05) is 32.9 Å². The molecule has 3 heterocycles. The van der Waals surface area contributed by atoms with Gasteiger partial charge in [-0.1, -0.05) is 0 Å². The van der Waals surface area contributed by atoms with Gasteiger partial charge in [0.2, 0.25) is 0 Å². The van der Waals surface area contributed by atoms with E-state index in [2.05, 4.69) is 11.0 Å². The molecular formula is C19H29NO3. The Morgan fingerprint density at radius 1 is 1.22 bits per heavy atom. The number of hydrogen-bond acceptors (Lipinski definition) is 4. The van der Waals surface area contributed by atoms with Gasteiger partial charge in [-0.3, -0.25) is 4.90 Å². The lowest BCUT2D eigenvalue weighted by atomic mass is 9.78. The molecule has 1 atom stereocenters. The number of hydrogen-bond donors (Lipinski definition) is 0. The van der Waals surface area contributed by atoms with Crippen LogP contribution >= 0.6 is 0 Å². The second-order valence-electron chi connectivity index (χ2n) is 7.56. The van der Waals surface area contributed by atoms with E-state index in [0.717, 1.165) is 64.0 Å². The molecule has 3 fully saturated rings. The Bertz CT molecular complexity index is 475. The molecule has 1 aromatic rings. The lowest BCUT2D eigenvalue weighted by Crippen LogP contribution is -2.47. The molecule has 0 radical (unpaired) electrons. The second kappa shape index (κ2) is 6.96. The normalized spacial score (nSPS) is 27.7. The highest BCUT2D eigenvalue weighted by atomic mass is 16.5. The predicted octanol–water partition coefficient (Wildman–Crippen LogP) is 3.47. The molecule has 4 nitrogen and oxygen atoms in total. The minimum Gasteiger partial charge on any atom is -0.468 e. The Morgan fingerprint density at radius 3 is 2.83 bits per heavy atom. The second-order valence-corrected chi connectivity index (χ2v) is 7.56. The monoisotopic (exact) mass is 319 g/mol. The minimum atomic E-state index is 0.128. The third-order valence-corrected chi connectivity index (χ3v) is 5.92. The van der Waals surface area contributed by atoms with Crippen LogP contribution in [0.3, 0.4) is 0 Å². The van der Waals surface area contributed by atoms with Crippen LogP contribution in [0.4, 0.5) is 0 Å². The molecule has 1 aliphatic carbocycles. The Hall–Kier alpha value is -0.840. The smallest absolute Gasteiger partial charge is 0.117 e. The van der Waals surface area contributed by atoms with Gasteiger partial charge in [0.25, 0.3) is 0 Å². The molecule has 0 aromatic carbocycles. The van der Waals surface area contributed by atoms with Crippen LogP contribution in [0.2, 0.25) is 0 Å². The Balaban J connectivity index is 1.24. The summed E-state index contributed by atoms with van der Waals surface area (Å²) < 4.78 is 17.6. The van der Waals surface area contributed by atoms with Crippen molar-refractivity contribution >= 4 is 0 Å². The maximum Gasteiger partial charge on any atom is 0.117 e. The van der Waals surface area contributed by atoms with E-state index in [1.165, 1.54) is 25.7 Å². The minimum absolute atomic E-state index is 0.128. The summed E-state index contributed by atoms with van der Waals surface area (Å²) in [5.41, 5.74) is 0.128. The van der Waals surface area contributed by atoms with Gasteiger partial charge in [0.15, 0.2) is 0 Å². The zero-order chi connectivity index (χ0) is 15.5. The van der Waals surface area contributed by atoms with Crippen molar-refractivity contribution < 1.29 is 13.9 Å². The maximum absolute atomic E-state index is 6.26. The molecule has 3 aliphatic rings. The van der Waals surface area contributed by atoms with Crippen molar-refractivity contribution in [1.29, 1.82) is 0 Å². The van der Waals surface area contributed by atoms with Gasteiger partial charge in [-0.25, -0.2) is 0 Å². The van der Waals surface area contributed by atoms with Gasteiger partial charge in [0, 0.05) is 32.9 Å². The van der Waals surface area contributed by atoms with Crippen molar-refractivity contribution in [2.24, 2.45) is 11.8 Å². The van der Waals surface area contributed by atoms with E-state index in [1.807, 2.05) is 6.07 Å². The summed E-state index contributed by atoms with van der Waals surface area (Å²) in [6, 6.07) is 4.04. The predicted molar refractivity (Wildman–Crippen MR) is 88.2 cm³/mol. The highest BCUT2D eigenvalue weighted by molar-refractivity contribution is 5.01. The first-order chi connectivity index (χ1) is 11.3. The number of likely N-dealkylation sites (tertiary alicyclic amines) is 1. The van der Waals surface area contributed by atoms with E-state index in [4.69, 9.17) is 13.9 Å². The van der Waals surface area contributed by atoms with Crippen molar-refractivity contribution in [3.63, 3.8) is 0 Å². The molecule has 1 spiro atoms. The van der Waals surface area contributed by atoms with Gasteiger partial charge >= 0.3 is 0 Å². The molecule has 0 bridgehead atoms. The first-order valence-corrected chi connectivity index (χ1v) is 9.30. The summed E-state index contributed by atoms with van der Waals surface area (Å²) in [5.74, 6) is 2.62. The van der Waals surface area contributed by atoms with Crippen LogP contribution in [0.5, 0.6) is 0 Å². The van der Waals surface area contributed by atoms with Gasteiger partial charge in [0.05, 0.1) is 18.4 Å². The lowest BCUT2D eigenvalue weighted by molar-refractivity contribution is -0.0738. The summed E-state index contributed by atoms with van der Waals surface area (Å²) in [6.45, 7) is 5.99. The molecule has 2 aliphatic heterocycles. The molecule has 0 amide bonds. The molecule has 1 saturated carbocycles. The highest BCUT2D eigenvalue weighted by Crippen LogP contribution is 2.42. The summed E-state index contributed by atoms with van der Waals surface area (Å²) in [6.07, 6.45) is 9.21. The fourth-order valence-corrected chi connectivity index (χ4v) is 4.22. The average molecular weight is 319 g/mol. The average Bonchev–Trinajstić information content (AvgIpc) is 3.10. The molecule has 4 rings (SSSR count). The van der Waals surface area contributed by atoms with E-state index in [0.29, 0.717) is 5.92 Å². The topological polar surface area (TPSA) is 34.8 Å². The van der Waals surface area contributed by atoms with Crippen LogP contribution in [0, 0.1) is 11.8 Å². The zero-order valence-electron chi connectivity index (χ0n) is 14.0. The summed E-state index contributed by atoms with van der Waals surface area (Å²) >= 11 is 0. The van der Waals surface area contributed by atoms with Crippen LogP contribution in [0.25, 0.3) is 0 Å². The van der Waals surface area contributed by atoms with Crippen molar-refractivity contribution in [2.45, 2.75) is 50.7 Å². The number of nitrogens with zero attached hydrogens (tertiary/aromatic N) is 1. The van der Waals surface area contributed by atoms with Crippen molar-refractivity contribution in [3.05, 3.63) is 24.2 Å². The summed E-state index contributed by atoms with van der Waals surface area (Å²) in [5, 5.41) is 0. The van der Waals surface area contributed by atoms with E-state index >= 15 is 0 Å². The van der Waals surface area contributed by atoms with Crippen LogP contribution in [-0.4, -0.2) is 43.4 Å². The van der Waals surface area contributed by atoms with E-state index in [1.54, 1.807) is 6.26 Å². The third-order valence-electron chi connectivity index (χ3n) is 5.92. The Labute approximate surface area is 139 Å². The SMILES string of the molecule is c1coc(CN2CCC3(CC2)OCC[C@H]3CCOCC2CC2)c1. The third kappa shape index (κ3) is 3.81. The van der Waals surface area contributed by atoms with Crippen molar-refractivity contribution in [1.82, 2.24) is 4.90 Å². The number of rotatable bonds is 7. The maximum atomic E-state index is 6.26. The summed E-state index contributed by atoms with van der Waals surface area (Å²) in [7, 11) is 0. The highest BCUT2D eigenvalue weighted by Gasteiger charge is 2.45. The molecule has 1 aromatic heterocycles. The number of ether oxygens (including phenoxy) is 2. The lowest BCUT2D eigenvalue weighted by Gasteiger charge is -2.42. The van der Waals surface area contributed by atoms with E-state index in [9.17, 15) is 0 Å². The molecule has 0 N–H and O–H groups in total. The van der Waals surface area contributed by atoms with Gasteiger partial charge in [-0.05, 0) is 62.5 Å². The van der Waals surface area contributed by atoms with Gasteiger partial charge in [0.1, 0.15) is 5.76 Å². The fraction of sp³-hybridized carbons (Fsp3) is 0.789. The number of piperidine rings is 1. The van der Waals surface area contributed by atoms with E-state index < -0.39 is 0 Å². The van der Waals surface area contributed by atoms with Crippen LogP contribution in [0.15, 0.2) is 22.8 Å². The molecular weight excluding hydrogens is 290 g/mol. The molecule has 23 heavy (non-hydrogen) atoms. The first-order valence-electron chi connectivity index (χ1n) is 9.30. The van der Waals surface area contributed by atoms with Crippen LogP contribution in [0.1, 0.15) is 44.3 Å². The van der Waals surface area contributed by atoms with Crippen LogP contribution < -0.4 is 0 Å². The zero-order valence-corrected chi connectivity index (χ0v) is 14.0. The summed E-state index contributed by atoms with van der Waals surface area (Å²) in [4.78, 5) is 2.49. The first kappa shape index (κ1) is 15.7. The quantitative estimate of drug-likeness (QED) is 0.721. The Morgan fingerprint density at radius 2 is 2.09 bits per heavy atom. The fourth-order valence-electron chi connectivity index (χ4n) is 4.22. The van der Waals surface area contributed by atoms with Gasteiger partial charge in [-0.15, -0.1) is 0 Å². The van der Waals surface area contributed by atoms with Gasteiger partial charge in [-0.2, -0.15) is 0 Å². The number of furan rings is 1. The molecule has 0 unspecified atom stereocenters. The standard InChI is InChI=1S/C19H29NO3/c1-2-18(22-11-1)14-20-9-7-19(8-10-20)17(6-13-23-19)5-12-21-15-16-3-4-16/h1-2,11,16-17H,3-10,12-15H2/t17-/m1/s1. The Kier molecular flexibility index (Phi) is 4.74. The largest absolute Gasteiger partial charge is 0.468 e. The molecule has 128 valence electrons. The molecule has 2 saturated heterocycles. The van der Waals surface area contributed by atoms with Gasteiger partial charge < -0.3 is 13.9 Å². The molecule has 4 heteroatoms. The van der Waals surface area contributed by atoms with Crippen molar-refractivity contribution in [3.8, 4) is 0 Å².